The van der Waals surface area contributed by atoms with E-state index in [0.717, 1.165) is 42.3 Å². The zero-order chi connectivity index (χ0) is 12.4. The lowest BCUT2D eigenvalue weighted by Crippen LogP contribution is -2.49. The normalized spacial score (nSPS) is 22.5. The Balaban J connectivity index is 2.20. The number of thiazole rings is 1. The maximum Gasteiger partial charge on any atom is 0.345 e. The van der Waals surface area contributed by atoms with Crippen molar-refractivity contribution in [2.75, 3.05) is 11.4 Å². The van der Waals surface area contributed by atoms with Crippen LogP contribution in [0.3, 0.4) is 0 Å². The monoisotopic (exact) mass is 256 g/mol. The van der Waals surface area contributed by atoms with E-state index in [1.807, 2.05) is 6.92 Å². The summed E-state index contributed by atoms with van der Waals surface area (Å²) in [7, 11) is 0. The number of nitrogens with zero attached hydrogens (tertiary/aromatic N) is 3. The third-order valence-corrected chi connectivity index (χ3v) is 4.05. The lowest BCUT2D eigenvalue weighted by molar-refractivity contribution is -0.380. The molecule has 7 heteroatoms. The largest absolute Gasteiger partial charge is 0.345 e. The SMILES string of the molecule is CC(N)C1CCCCN1c1ncc([N+](=O)[O-])s1. The van der Waals surface area contributed by atoms with E-state index >= 15 is 0 Å². The molecule has 0 aliphatic carbocycles. The summed E-state index contributed by atoms with van der Waals surface area (Å²) < 4.78 is 0. The molecule has 2 heterocycles. The fraction of sp³-hybridized carbons (Fsp3) is 0.700. The van der Waals surface area contributed by atoms with Gasteiger partial charge in [-0.3, -0.25) is 10.1 Å². The van der Waals surface area contributed by atoms with Crippen LogP contribution in [0.5, 0.6) is 0 Å². The molecule has 0 aromatic carbocycles. The van der Waals surface area contributed by atoms with Crippen molar-refractivity contribution in [2.45, 2.75) is 38.3 Å². The highest BCUT2D eigenvalue weighted by Gasteiger charge is 2.28. The number of anilines is 1. The zero-order valence-corrected chi connectivity index (χ0v) is 10.5. The fourth-order valence-corrected chi connectivity index (χ4v) is 3.03. The highest BCUT2D eigenvalue weighted by atomic mass is 32.1. The summed E-state index contributed by atoms with van der Waals surface area (Å²) in [6.07, 6.45) is 4.62. The van der Waals surface area contributed by atoms with Crippen molar-refractivity contribution >= 4 is 21.5 Å². The van der Waals surface area contributed by atoms with Gasteiger partial charge in [0.05, 0.1) is 4.92 Å². The molecule has 0 radical (unpaired) electrons. The van der Waals surface area contributed by atoms with Crippen LogP contribution in [0.15, 0.2) is 6.20 Å². The topological polar surface area (TPSA) is 85.3 Å². The van der Waals surface area contributed by atoms with Gasteiger partial charge in [-0.1, -0.05) is 0 Å². The van der Waals surface area contributed by atoms with Gasteiger partial charge in [-0.2, -0.15) is 0 Å². The van der Waals surface area contributed by atoms with E-state index in [2.05, 4.69) is 9.88 Å². The summed E-state index contributed by atoms with van der Waals surface area (Å²) in [5.74, 6) is 0. The van der Waals surface area contributed by atoms with E-state index in [4.69, 9.17) is 5.73 Å². The first-order valence-corrected chi connectivity index (χ1v) is 6.53. The number of hydrogen-bond donors (Lipinski definition) is 1. The highest BCUT2D eigenvalue weighted by Crippen LogP contribution is 2.32. The third kappa shape index (κ3) is 2.55. The Morgan fingerprint density at radius 1 is 1.71 bits per heavy atom. The van der Waals surface area contributed by atoms with Gasteiger partial charge in [0, 0.05) is 18.6 Å². The van der Waals surface area contributed by atoms with E-state index < -0.39 is 4.92 Å². The van der Waals surface area contributed by atoms with Crippen LogP contribution in [-0.4, -0.2) is 28.5 Å². The molecule has 1 aliphatic rings. The van der Waals surface area contributed by atoms with Crippen LogP contribution >= 0.6 is 11.3 Å². The molecule has 0 spiro atoms. The number of aromatic nitrogens is 1. The maximum atomic E-state index is 10.6. The van der Waals surface area contributed by atoms with Crippen molar-refractivity contribution in [3.05, 3.63) is 16.3 Å². The van der Waals surface area contributed by atoms with Crippen molar-refractivity contribution in [3.63, 3.8) is 0 Å². The molecular formula is C10H16N4O2S. The van der Waals surface area contributed by atoms with Crippen LogP contribution < -0.4 is 10.6 Å². The lowest BCUT2D eigenvalue weighted by atomic mass is 9.98. The molecule has 2 unspecified atom stereocenters. The molecule has 2 atom stereocenters. The number of hydrogen-bond acceptors (Lipinski definition) is 6. The Hall–Kier alpha value is -1.21. The number of nitrogens with two attached hydrogens (primary N) is 1. The third-order valence-electron chi connectivity index (χ3n) is 3.06. The molecule has 1 saturated heterocycles. The molecule has 2 N–H and O–H groups in total. The number of piperidine rings is 1. The fourth-order valence-electron chi connectivity index (χ4n) is 2.22. The first-order valence-electron chi connectivity index (χ1n) is 5.72. The first-order chi connectivity index (χ1) is 8.09. The van der Waals surface area contributed by atoms with Gasteiger partial charge in [0.2, 0.25) is 0 Å². The van der Waals surface area contributed by atoms with Gasteiger partial charge in [0.25, 0.3) is 0 Å². The van der Waals surface area contributed by atoms with Gasteiger partial charge in [-0.05, 0) is 37.5 Å². The van der Waals surface area contributed by atoms with Crippen LogP contribution in [0.1, 0.15) is 26.2 Å². The predicted octanol–water partition coefficient (Wildman–Crippen LogP) is 1.76. The number of nitro groups is 1. The molecule has 1 aromatic rings. The minimum atomic E-state index is -0.397. The molecule has 2 rings (SSSR count). The van der Waals surface area contributed by atoms with Gasteiger partial charge >= 0.3 is 5.00 Å². The van der Waals surface area contributed by atoms with Crippen LogP contribution in [0.4, 0.5) is 10.1 Å². The van der Waals surface area contributed by atoms with E-state index in [9.17, 15) is 10.1 Å². The van der Waals surface area contributed by atoms with Gasteiger partial charge < -0.3 is 10.6 Å². The van der Waals surface area contributed by atoms with E-state index in [1.54, 1.807) is 0 Å². The minimum absolute atomic E-state index is 0.0539. The minimum Gasteiger partial charge on any atom is -0.343 e. The zero-order valence-electron chi connectivity index (χ0n) is 9.70. The Morgan fingerprint density at radius 2 is 2.47 bits per heavy atom. The summed E-state index contributed by atoms with van der Waals surface area (Å²) in [6.45, 7) is 2.86. The molecule has 1 fully saturated rings. The number of rotatable bonds is 3. The molecule has 0 amide bonds. The van der Waals surface area contributed by atoms with Crippen molar-refractivity contribution < 1.29 is 4.92 Å². The quantitative estimate of drug-likeness (QED) is 0.658. The molecule has 1 aliphatic heterocycles. The molecule has 0 bridgehead atoms. The average molecular weight is 256 g/mol. The van der Waals surface area contributed by atoms with E-state index in [1.165, 1.54) is 6.20 Å². The lowest BCUT2D eigenvalue weighted by Gasteiger charge is -2.37. The van der Waals surface area contributed by atoms with Crippen LogP contribution in [0, 0.1) is 10.1 Å². The van der Waals surface area contributed by atoms with Crippen LogP contribution in [0.25, 0.3) is 0 Å². The second-order valence-corrected chi connectivity index (χ2v) is 5.34. The first kappa shape index (κ1) is 12.3. The second kappa shape index (κ2) is 4.97. The van der Waals surface area contributed by atoms with Gasteiger partial charge in [0.15, 0.2) is 5.13 Å². The van der Waals surface area contributed by atoms with Crippen molar-refractivity contribution in [1.82, 2.24) is 4.98 Å². The summed E-state index contributed by atoms with van der Waals surface area (Å²) in [6, 6.07) is 0.299. The van der Waals surface area contributed by atoms with Crippen molar-refractivity contribution in [1.29, 1.82) is 0 Å². The van der Waals surface area contributed by atoms with Crippen molar-refractivity contribution in [2.24, 2.45) is 5.73 Å². The average Bonchev–Trinajstić information content (AvgIpc) is 2.78. The molecular weight excluding hydrogens is 240 g/mol. The van der Waals surface area contributed by atoms with E-state index in [-0.39, 0.29) is 17.1 Å². The van der Waals surface area contributed by atoms with Gasteiger partial charge in [-0.15, -0.1) is 0 Å². The van der Waals surface area contributed by atoms with Crippen molar-refractivity contribution in [3.8, 4) is 0 Å². The Morgan fingerprint density at radius 3 is 3.06 bits per heavy atom. The van der Waals surface area contributed by atoms with Crippen LogP contribution in [-0.2, 0) is 0 Å². The molecule has 94 valence electrons. The smallest absolute Gasteiger partial charge is 0.343 e. The summed E-state index contributed by atoms with van der Waals surface area (Å²) in [5.41, 5.74) is 5.96. The molecule has 1 aromatic heterocycles. The second-order valence-electron chi connectivity index (χ2n) is 4.35. The van der Waals surface area contributed by atoms with Crippen LogP contribution in [0.2, 0.25) is 0 Å². The Bertz CT molecular complexity index is 407. The Kier molecular flexibility index (Phi) is 3.58. The van der Waals surface area contributed by atoms with Gasteiger partial charge in [-0.25, -0.2) is 4.98 Å². The standard InChI is InChI=1S/C10H16N4O2S/c1-7(11)8-4-2-3-5-13(8)10-12-6-9(17-10)14(15)16/h6-8H,2-5,11H2,1H3. The predicted molar refractivity (Wildman–Crippen MR) is 67.4 cm³/mol. The highest BCUT2D eigenvalue weighted by molar-refractivity contribution is 7.18. The maximum absolute atomic E-state index is 10.6. The summed E-state index contributed by atoms with van der Waals surface area (Å²) in [4.78, 5) is 16.5. The summed E-state index contributed by atoms with van der Waals surface area (Å²) >= 11 is 1.13. The molecule has 17 heavy (non-hydrogen) atoms. The summed E-state index contributed by atoms with van der Waals surface area (Å²) in [5, 5.41) is 11.5. The van der Waals surface area contributed by atoms with E-state index in [0.29, 0.717) is 0 Å². The van der Waals surface area contributed by atoms with Gasteiger partial charge in [0.1, 0.15) is 6.20 Å². The molecule has 6 nitrogen and oxygen atoms in total. The molecule has 0 saturated carbocycles. The Labute approximate surface area is 104 Å².